The zero-order valence-corrected chi connectivity index (χ0v) is 19.9. The molecule has 34 heavy (non-hydrogen) atoms. The number of rotatable bonds is 10. The molecule has 0 aliphatic heterocycles. The molecule has 178 valence electrons. The van der Waals surface area contributed by atoms with Crippen LogP contribution in [0.1, 0.15) is 61.0 Å². The fourth-order valence-electron chi connectivity index (χ4n) is 3.40. The Bertz CT molecular complexity index is 1070. The van der Waals surface area contributed by atoms with Crippen molar-refractivity contribution in [1.82, 2.24) is 10.9 Å². The van der Waals surface area contributed by atoms with Crippen molar-refractivity contribution < 1.29 is 19.1 Å². The second kappa shape index (κ2) is 12.4. The normalized spacial score (nSPS) is 12.3. The molecule has 6 nitrogen and oxygen atoms in total. The average Bonchev–Trinajstić information content (AvgIpc) is 2.89. The van der Waals surface area contributed by atoms with E-state index in [2.05, 4.69) is 24.7 Å². The van der Waals surface area contributed by atoms with Crippen LogP contribution < -0.4 is 20.3 Å². The van der Waals surface area contributed by atoms with Gasteiger partial charge in [0.1, 0.15) is 18.1 Å². The molecule has 2 amide bonds. The topological polar surface area (TPSA) is 76.7 Å². The molecule has 0 aliphatic carbocycles. The Morgan fingerprint density at radius 2 is 1.50 bits per heavy atom. The fourth-order valence-corrected chi connectivity index (χ4v) is 3.40. The van der Waals surface area contributed by atoms with Gasteiger partial charge >= 0.3 is 0 Å². The van der Waals surface area contributed by atoms with Crippen LogP contribution in [0.2, 0.25) is 0 Å². The summed E-state index contributed by atoms with van der Waals surface area (Å²) < 4.78 is 11.8. The van der Waals surface area contributed by atoms with Crippen LogP contribution >= 0.6 is 0 Å². The summed E-state index contributed by atoms with van der Waals surface area (Å²) in [6.07, 6.45) is 0.707. The number of carbonyl (C=O) groups is 2. The lowest BCUT2D eigenvalue weighted by atomic mass is 9.98. The highest BCUT2D eigenvalue weighted by Crippen LogP contribution is 2.29. The molecule has 2 unspecified atom stereocenters. The Morgan fingerprint density at radius 1 is 0.824 bits per heavy atom. The van der Waals surface area contributed by atoms with Crippen molar-refractivity contribution in [2.45, 2.75) is 52.2 Å². The van der Waals surface area contributed by atoms with E-state index in [-0.39, 0.29) is 0 Å². The summed E-state index contributed by atoms with van der Waals surface area (Å²) in [4.78, 5) is 25.2. The van der Waals surface area contributed by atoms with Crippen LogP contribution in [0.25, 0.3) is 0 Å². The summed E-state index contributed by atoms with van der Waals surface area (Å²) in [5.41, 5.74) is 7.48. The monoisotopic (exact) mass is 460 g/mol. The summed E-state index contributed by atoms with van der Waals surface area (Å²) in [5, 5.41) is 0. The molecule has 0 saturated heterocycles. The van der Waals surface area contributed by atoms with Gasteiger partial charge in [-0.05, 0) is 60.2 Å². The van der Waals surface area contributed by atoms with E-state index in [1.54, 1.807) is 24.3 Å². The minimum atomic E-state index is -0.723. The largest absolute Gasteiger partial charge is 0.489 e. The number of ether oxygens (including phenoxy) is 2. The van der Waals surface area contributed by atoms with Crippen molar-refractivity contribution in [3.8, 4) is 11.5 Å². The van der Waals surface area contributed by atoms with E-state index >= 15 is 0 Å². The lowest BCUT2D eigenvalue weighted by Gasteiger charge is -2.21. The van der Waals surface area contributed by atoms with Crippen molar-refractivity contribution in [3.05, 3.63) is 95.6 Å². The van der Waals surface area contributed by atoms with Crippen LogP contribution in [0, 0.1) is 0 Å². The number of hydrogen-bond donors (Lipinski definition) is 2. The van der Waals surface area contributed by atoms with Crippen LogP contribution in [-0.4, -0.2) is 17.9 Å². The standard InChI is InChI=1S/C28H32N2O4/c1-4-20(3)24-13-9-10-14-26(24)34-25(5-2)28(32)30-29-27(31)22-15-17-23(18-16-22)33-19-21-11-7-6-8-12-21/h6-18,20,25H,4-5,19H2,1-3H3,(H,29,31)(H,30,32). The highest BCUT2D eigenvalue weighted by Gasteiger charge is 2.21. The molecule has 2 atom stereocenters. The summed E-state index contributed by atoms with van der Waals surface area (Å²) in [6.45, 7) is 6.55. The summed E-state index contributed by atoms with van der Waals surface area (Å²) in [6, 6.07) is 24.3. The molecule has 2 N–H and O–H groups in total. The van der Waals surface area contributed by atoms with E-state index in [0.29, 0.717) is 36.0 Å². The number of amides is 2. The summed E-state index contributed by atoms with van der Waals surface area (Å²) in [5.74, 6) is 0.840. The minimum absolute atomic E-state index is 0.316. The second-order valence-corrected chi connectivity index (χ2v) is 8.10. The Balaban J connectivity index is 1.53. The number of nitrogens with one attached hydrogen (secondary N) is 2. The van der Waals surface area contributed by atoms with Crippen LogP contribution in [0.4, 0.5) is 0 Å². The van der Waals surface area contributed by atoms with Gasteiger partial charge in [-0.2, -0.15) is 0 Å². The molecular formula is C28H32N2O4. The molecule has 0 radical (unpaired) electrons. The SMILES string of the molecule is CCC(Oc1ccccc1C(C)CC)C(=O)NNC(=O)c1ccc(OCc2ccccc2)cc1. The molecular weight excluding hydrogens is 428 g/mol. The first kappa shape index (κ1) is 24.8. The van der Waals surface area contributed by atoms with Crippen molar-refractivity contribution in [2.75, 3.05) is 0 Å². The van der Waals surface area contributed by atoms with E-state index in [9.17, 15) is 9.59 Å². The molecule has 0 fully saturated rings. The number of carbonyl (C=O) groups excluding carboxylic acids is 2. The van der Waals surface area contributed by atoms with E-state index in [1.165, 1.54) is 0 Å². The zero-order chi connectivity index (χ0) is 24.3. The minimum Gasteiger partial charge on any atom is -0.489 e. The van der Waals surface area contributed by atoms with Crippen molar-refractivity contribution in [2.24, 2.45) is 0 Å². The number of benzene rings is 3. The van der Waals surface area contributed by atoms with Crippen LogP contribution in [0.5, 0.6) is 11.5 Å². The molecule has 3 rings (SSSR count). The fraction of sp³-hybridized carbons (Fsp3) is 0.286. The smallest absolute Gasteiger partial charge is 0.279 e. The maximum atomic E-state index is 12.7. The van der Waals surface area contributed by atoms with Crippen LogP contribution in [0.15, 0.2) is 78.9 Å². The first-order valence-corrected chi connectivity index (χ1v) is 11.6. The quantitative estimate of drug-likeness (QED) is 0.397. The second-order valence-electron chi connectivity index (χ2n) is 8.10. The van der Waals surface area contributed by atoms with Gasteiger partial charge in [0, 0.05) is 5.56 Å². The maximum absolute atomic E-state index is 12.7. The lowest BCUT2D eigenvalue weighted by molar-refractivity contribution is -0.128. The lowest BCUT2D eigenvalue weighted by Crippen LogP contribution is -2.48. The molecule has 0 heterocycles. The van der Waals surface area contributed by atoms with E-state index in [1.807, 2.05) is 61.5 Å². The van der Waals surface area contributed by atoms with Gasteiger partial charge < -0.3 is 9.47 Å². The third kappa shape index (κ3) is 6.85. The Hall–Kier alpha value is -3.80. The molecule has 6 heteroatoms. The first-order chi connectivity index (χ1) is 16.5. The Labute approximate surface area is 201 Å². The predicted octanol–water partition coefficient (Wildman–Crippen LogP) is 5.40. The van der Waals surface area contributed by atoms with Crippen LogP contribution in [-0.2, 0) is 11.4 Å². The number of hydrogen-bond acceptors (Lipinski definition) is 4. The van der Waals surface area contributed by atoms with E-state index in [4.69, 9.17) is 9.47 Å². The molecule has 0 aliphatic rings. The van der Waals surface area contributed by atoms with Crippen molar-refractivity contribution in [1.29, 1.82) is 0 Å². The molecule has 0 spiro atoms. The van der Waals surface area contributed by atoms with E-state index in [0.717, 1.165) is 17.5 Å². The molecule has 3 aromatic rings. The van der Waals surface area contributed by atoms with Crippen LogP contribution in [0.3, 0.4) is 0 Å². The van der Waals surface area contributed by atoms with Gasteiger partial charge in [0.2, 0.25) is 0 Å². The Kier molecular flexibility index (Phi) is 9.09. The number of hydrazine groups is 1. The first-order valence-electron chi connectivity index (χ1n) is 11.6. The third-order valence-electron chi connectivity index (χ3n) is 5.66. The van der Waals surface area contributed by atoms with Gasteiger partial charge in [-0.1, -0.05) is 69.3 Å². The summed E-state index contributed by atoms with van der Waals surface area (Å²) in [7, 11) is 0. The van der Waals surface area contributed by atoms with Crippen molar-refractivity contribution in [3.63, 3.8) is 0 Å². The summed E-state index contributed by atoms with van der Waals surface area (Å²) >= 11 is 0. The van der Waals surface area contributed by atoms with Gasteiger partial charge in [-0.25, -0.2) is 0 Å². The van der Waals surface area contributed by atoms with Gasteiger partial charge in [-0.3, -0.25) is 20.4 Å². The van der Waals surface area contributed by atoms with Gasteiger partial charge in [0.25, 0.3) is 11.8 Å². The van der Waals surface area contributed by atoms with Gasteiger partial charge in [0.15, 0.2) is 6.10 Å². The zero-order valence-electron chi connectivity index (χ0n) is 19.9. The third-order valence-corrected chi connectivity index (χ3v) is 5.66. The van der Waals surface area contributed by atoms with Gasteiger partial charge in [-0.15, -0.1) is 0 Å². The van der Waals surface area contributed by atoms with Crippen molar-refractivity contribution >= 4 is 11.8 Å². The maximum Gasteiger partial charge on any atom is 0.279 e. The molecule has 3 aromatic carbocycles. The highest BCUT2D eigenvalue weighted by atomic mass is 16.5. The predicted molar refractivity (Wildman–Crippen MR) is 133 cm³/mol. The molecule has 0 saturated carbocycles. The highest BCUT2D eigenvalue weighted by molar-refractivity contribution is 5.95. The number of para-hydroxylation sites is 1. The Morgan fingerprint density at radius 3 is 2.18 bits per heavy atom. The van der Waals surface area contributed by atoms with E-state index < -0.39 is 17.9 Å². The molecule has 0 bridgehead atoms. The average molecular weight is 461 g/mol. The van der Waals surface area contributed by atoms with Gasteiger partial charge in [0.05, 0.1) is 0 Å². The molecule has 0 aromatic heterocycles.